The van der Waals surface area contributed by atoms with E-state index in [1.165, 1.54) is 27.8 Å². The molecule has 4 heteroatoms. The van der Waals surface area contributed by atoms with Crippen LogP contribution in [-0.2, 0) is 5.41 Å². The van der Waals surface area contributed by atoms with Gasteiger partial charge in [0.1, 0.15) is 0 Å². The van der Waals surface area contributed by atoms with Crippen molar-refractivity contribution in [3.05, 3.63) is 181 Å². The third-order valence-corrected chi connectivity index (χ3v) is 9.97. The lowest BCUT2D eigenvalue weighted by molar-refractivity contribution is 0.660. The van der Waals surface area contributed by atoms with Crippen LogP contribution in [0.4, 0.5) is 17.3 Å². The maximum Gasteiger partial charge on any atom is 0.235 e. The first kappa shape index (κ1) is 29.7. The van der Waals surface area contributed by atoms with Crippen molar-refractivity contribution in [2.45, 2.75) is 19.3 Å². The lowest BCUT2D eigenvalue weighted by atomic mass is 9.82. The van der Waals surface area contributed by atoms with E-state index in [4.69, 9.17) is 9.97 Å². The Labute approximate surface area is 292 Å². The highest BCUT2D eigenvalue weighted by Gasteiger charge is 2.38. The molecule has 0 atom stereocenters. The Bertz CT molecular complexity index is 2490. The summed E-state index contributed by atoms with van der Waals surface area (Å²) >= 11 is 0. The van der Waals surface area contributed by atoms with Gasteiger partial charge in [-0.15, -0.1) is 0 Å². The standard InChI is InChI=1S/C46H34N4/c1-46(2)38-17-8-6-15-36(38)43-39(46)18-12-21-42(43)50(35-28-26-32(27-29-35)31-13-4-3-5-14-31)45-48-41-20-9-7-16-37(41)44(49-45)34-24-22-33(23-25-34)40-19-10-11-30-47-40/h3-30H,1-2H3. The Hall–Kier alpha value is -6.39. The van der Waals surface area contributed by atoms with Crippen LogP contribution in [-0.4, -0.2) is 15.0 Å². The van der Waals surface area contributed by atoms with E-state index < -0.39 is 0 Å². The van der Waals surface area contributed by atoms with Gasteiger partial charge < -0.3 is 0 Å². The van der Waals surface area contributed by atoms with E-state index in [9.17, 15) is 0 Å². The molecule has 0 N–H and O–H groups in total. The first-order valence-electron chi connectivity index (χ1n) is 17.0. The maximum atomic E-state index is 5.42. The van der Waals surface area contributed by atoms with Crippen LogP contribution in [0.15, 0.2) is 170 Å². The molecule has 1 aliphatic carbocycles. The molecule has 50 heavy (non-hydrogen) atoms. The van der Waals surface area contributed by atoms with Gasteiger partial charge in [-0.05, 0) is 64.2 Å². The van der Waals surface area contributed by atoms with Crippen molar-refractivity contribution < 1.29 is 0 Å². The molecule has 0 saturated carbocycles. The van der Waals surface area contributed by atoms with Crippen LogP contribution in [0.3, 0.4) is 0 Å². The number of nitrogens with zero attached hydrogens (tertiary/aromatic N) is 4. The van der Waals surface area contributed by atoms with Crippen LogP contribution in [0.2, 0.25) is 0 Å². The molecule has 0 unspecified atom stereocenters. The second-order valence-electron chi connectivity index (χ2n) is 13.3. The fraction of sp³-hybridized carbons (Fsp3) is 0.0652. The molecule has 238 valence electrons. The van der Waals surface area contributed by atoms with E-state index in [0.29, 0.717) is 5.95 Å². The molecular weight excluding hydrogens is 609 g/mol. The Morgan fingerprint density at radius 1 is 0.500 bits per heavy atom. The molecular formula is C46H34N4. The van der Waals surface area contributed by atoms with Gasteiger partial charge in [-0.3, -0.25) is 9.88 Å². The summed E-state index contributed by atoms with van der Waals surface area (Å²) < 4.78 is 0. The van der Waals surface area contributed by atoms with Crippen molar-refractivity contribution in [1.29, 1.82) is 0 Å². The minimum atomic E-state index is -0.143. The molecule has 0 aliphatic heterocycles. The number of aromatic nitrogens is 3. The van der Waals surface area contributed by atoms with Gasteiger partial charge in [0.05, 0.1) is 22.6 Å². The highest BCUT2D eigenvalue weighted by Crippen LogP contribution is 2.54. The largest absolute Gasteiger partial charge is 0.279 e. The summed E-state index contributed by atoms with van der Waals surface area (Å²) in [5.41, 5.74) is 14.1. The molecule has 8 aromatic rings. The van der Waals surface area contributed by atoms with Gasteiger partial charge in [0, 0.05) is 39.4 Å². The van der Waals surface area contributed by atoms with E-state index in [1.54, 1.807) is 0 Å². The Balaban J connectivity index is 1.26. The molecule has 0 bridgehead atoms. The molecule has 0 spiro atoms. The van der Waals surface area contributed by atoms with E-state index in [0.717, 1.165) is 50.4 Å². The number of pyridine rings is 1. The number of fused-ring (bicyclic) bond motifs is 4. The summed E-state index contributed by atoms with van der Waals surface area (Å²) in [5, 5.41) is 1.01. The lowest BCUT2D eigenvalue weighted by Crippen LogP contribution is -2.17. The predicted octanol–water partition coefficient (Wildman–Crippen LogP) is 11.8. The summed E-state index contributed by atoms with van der Waals surface area (Å²) in [5.74, 6) is 0.621. The van der Waals surface area contributed by atoms with E-state index in [2.05, 4.69) is 163 Å². The second kappa shape index (κ2) is 11.9. The fourth-order valence-electron chi connectivity index (χ4n) is 7.43. The van der Waals surface area contributed by atoms with Crippen molar-refractivity contribution in [3.63, 3.8) is 0 Å². The van der Waals surface area contributed by atoms with Gasteiger partial charge in [-0.1, -0.05) is 141 Å². The predicted molar refractivity (Wildman–Crippen MR) is 206 cm³/mol. The van der Waals surface area contributed by atoms with Gasteiger partial charge in [-0.25, -0.2) is 9.97 Å². The average Bonchev–Trinajstić information content (AvgIpc) is 3.42. The van der Waals surface area contributed by atoms with Gasteiger partial charge in [0.15, 0.2) is 0 Å². The first-order valence-corrected chi connectivity index (χ1v) is 17.0. The zero-order valence-corrected chi connectivity index (χ0v) is 28.0. The topological polar surface area (TPSA) is 41.9 Å². The summed E-state index contributed by atoms with van der Waals surface area (Å²) in [6.45, 7) is 4.64. The summed E-state index contributed by atoms with van der Waals surface area (Å²) in [4.78, 5) is 17.5. The van der Waals surface area contributed by atoms with Gasteiger partial charge in [-0.2, -0.15) is 0 Å². The Morgan fingerprint density at radius 3 is 1.96 bits per heavy atom. The molecule has 1 aliphatic rings. The normalized spacial score (nSPS) is 12.8. The van der Waals surface area contributed by atoms with Gasteiger partial charge in [0.25, 0.3) is 0 Å². The van der Waals surface area contributed by atoms with Crippen LogP contribution in [0.5, 0.6) is 0 Å². The number of hydrogen-bond donors (Lipinski definition) is 0. The summed E-state index contributed by atoms with van der Waals surface area (Å²) in [6, 6.07) is 57.5. The van der Waals surface area contributed by atoms with Crippen molar-refractivity contribution in [2.24, 2.45) is 0 Å². The monoisotopic (exact) mass is 642 g/mol. The van der Waals surface area contributed by atoms with Crippen LogP contribution >= 0.6 is 0 Å². The zero-order chi connectivity index (χ0) is 33.7. The van der Waals surface area contributed by atoms with Crippen LogP contribution in [0.1, 0.15) is 25.0 Å². The number of benzene rings is 6. The molecule has 2 aromatic heterocycles. The number of para-hydroxylation sites is 1. The minimum absolute atomic E-state index is 0.143. The average molecular weight is 643 g/mol. The number of rotatable bonds is 6. The quantitative estimate of drug-likeness (QED) is 0.181. The van der Waals surface area contributed by atoms with Crippen LogP contribution in [0.25, 0.3) is 55.7 Å². The second-order valence-corrected chi connectivity index (χ2v) is 13.3. The van der Waals surface area contributed by atoms with Gasteiger partial charge in [0.2, 0.25) is 5.95 Å². The maximum absolute atomic E-state index is 5.42. The molecule has 2 heterocycles. The first-order chi connectivity index (χ1) is 24.6. The molecule has 6 aromatic carbocycles. The zero-order valence-electron chi connectivity index (χ0n) is 28.0. The Morgan fingerprint density at radius 2 is 1.16 bits per heavy atom. The summed E-state index contributed by atoms with van der Waals surface area (Å²) in [7, 11) is 0. The Kier molecular flexibility index (Phi) is 7.10. The number of anilines is 3. The third kappa shape index (κ3) is 4.96. The highest BCUT2D eigenvalue weighted by molar-refractivity contribution is 5.97. The highest BCUT2D eigenvalue weighted by atomic mass is 15.3. The van der Waals surface area contributed by atoms with E-state index >= 15 is 0 Å². The van der Waals surface area contributed by atoms with Crippen LogP contribution < -0.4 is 4.90 Å². The van der Waals surface area contributed by atoms with E-state index in [1.807, 2.05) is 30.5 Å². The molecule has 0 fully saturated rings. The third-order valence-electron chi connectivity index (χ3n) is 9.97. The van der Waals surface area contributed by atoms with Crippen molar-refractivity contribution in [1.82, 2.24) is 15.0 Å². The van der Waals surface area contributed by atoms with Crippen molar-refractivity contribution in [2.75, 3.05) is 4.90 Å². The van der Waals surface area contributed by atoms with E-state index in [-0.39, 0.29) is 5.41 Å². The molecule has 0 saturated heterocycles. The summed E-state index contributed by atoms with van der Waals surface area (Å²) in [6.07, 6.45) is 1.83. The van der Waals surface area contributed by atoms with Crippen molar-refractivity contribution in [3.8, 4) is 44.8 Å². The lowest BCUT2D eigenvalue weighted by Gasteiger charge is -2.28. The molecule has 4 nitrogen and oxygen atoms in total. The molecule has 0 radical (unpaired) electrons. The number of hydrogen-bond acceptors (Lipinski definition) is 4. The smallest absolute Gasteiger partial charge is 0.235 e. The SMILES string of the molecule is CC1(C)c2ccccc2-c2c(N(c3ccc(-c4ccccc4)cc3)c3nc(-c4ccc(-c5ccccn5)cc4)c4ccccc4n3)cccc21. The molecule has 0 amide bonds. The molecule has 9 rings (SSSR count). The van der Waals surface area contributed by atoms with Crippen molar-refractivity contribution >= 4 is 28.2 Å². The fourth-order valence-corrected chi connectivity index (χ4v) is 7.43. The minimum Gasteiger partial charge on any atom is -0.279 e. The van der Waals surface area contributed by atoms with Crippen LogP contribution in [0, 0.1) is 0 Å². The van der Waals surface area contributed by atoms with Gasteiger partial charge >= 0.3 is 0 Å².